The van der Waals surface area contributed by atoms with Crippen LogP contribution in [0.3, 0.4) is 0 Å². The number of hydrogen-bond donors (Lipinski definition) is 0. The fourth-order valence-corrected chi connectivity index (χ4v) is 3.93. The van der Waals surface area contributed by atoms with E-state index in [0.717, 1.165) is 16.0 Å². The Balaban J connectivity index is 1.94. The summed E-state index contributed by atoms with van der Waals surface area (Å²) in [5.41, 5.74) is 3.31. The van der Waals surface area contributed by atoms with Crippen molar-refractivity contribution in [2.75, 3.05) is 6.79 Å². The summed E-state index contributed by atoms with van der Waals surface area (Å²) in [6.07, 6.45) is 0. The van der Waals surface area contributed by atoms with Gasteiger partial charge >= 0.3 is 0 Å². The molecule has 2 aromatic carbocycles. The fraction of sp³-hybridized carbons (Fsp3) is 0.294. The zero-order chi connectivity index (χ0) is 15.7. The second-order valence-electron chi connectivity index (χ2n) is 5.42. The van der Waals surface area contributed by atoms with Crippen molar-refractivity contribution in [3.63, 3.8) is 0 Å². The monoisotopic (exact) mass is 320 g/mol. The number of halogens is 1. The molecule has 1 atom stereocenters. The summed E-state index contributed by atoms with van der Waals surface area (Å²) in [4.78, 5) is 0.782. The quantitative estimate of drug-likeness (QED) is 0.866. The van der Waals surface area contributed by atoms with Crippen molar-refractivity contribution < 1.29 is 18.1 Å². The molecule has 1 aliphatic rings. The second kappa shape index (κ2) is 6.18. The van der Waals surface area contributed by atoms with Gasteiger partial charge in [-0.25, -0.2) is 4.39 Å². The molecule has 1 heterocycles. The van der Waals surface area contributed by atoms with Gasteiger partial charge in [-0.2, -0.15) is 0 Å². The largest absolute Gasteiger partial charge is 0.467 e. The van der Waals surface area contributed by atoms with E-state index in [4.69, 9.17) is 9.47 Å². The van der Waals surface area contributed by atoms with Crippen molar-refractivity contribution in [1.29, 1.82) is 0 Å². The molecule has 1 aliphatic heterocycles. The van der Waals surface area contributed by atoms with Crippen molar-refractivity contribution in [2.24, 2.45) is 0 Å². The van der Waals surface area contributed by atoms with Gasteiger partial charge in [0.1, 0.15) is 11.6 Å². The Labute approximate surface area is 131 Å². The van der Waals surface area contributed by atoms with Crippen LogP contribution in [-0.4, -0.2) is 11.0 Å². The Morgan fingerprint density at radius 2 is 2.05 bits per heavy atom. The van der Waals surface area contributed by atoms with Crippen LogP contribution in [0.2, 0.25) is 0 Å². The smallest absolute Gasteiger partial charge is 0.189 e. The van der Waals surface area contributed by atoms with Crippen molar-refractivity contribution in [1.82, 2.24) is 0 Å². The number of hydrogen-bond acceptors (Lipinski definition) is 3. The number of fused-ring (bicyclic) bond motifs is 1. The molecular weight excluding hydrogens is 303 g/mol. The summed E-state index contributed by atoms with van der Waals surface area (Å²) in [5.74, 6) is 0.469. The fourth-order valence-electron chi connectivity index (χ4n) is 2.54. The number of ether oxygens (including phenoxy) is 2. The van der Waals surface area contributed by atoms with Gasteiger partial charge in [0.2, 0.25) is 0 Å². The van der Waals surface area contributed by atoms with E-state index in [-0.39, 0.29) is 18.4 Å². The van der Waals surface area contributed by atoms with E-state index in [1.54, 1.807) is 0 Å². The zero-order valence-corrected chi connectivity index (χ0v) is 13.3. The van der Waals surface area contributed by atoms with Crippen LogP contribution >= 0.6 is 0 Å². The Kier molecular flexibility index (Phi) is 4.27. The Bertz CT molecular complexity index is 743. The standard InChI is InChI=1S/C17H17FO3S/c1-11-3-4-12(2)16(5-11)22(19)9-14-7-15(18)6-13-8-20-10-21-17(13)14/h3-7H,8-10H2,1-2H3. The van der Waals surface area contributed by atoms with Gasteiger partial charge in [-0.05, 0) is 43.2 Å². The normalized spacial score (nSPS) is 15.0. The third kappa shape index (κ3) is 3.05. The minimum atomic E-state index is -1.25. The molecule has 3 rings (SSSR count). The van der Waals surface area contributed by atoms with E-state index in [1.165, 1.54) is 12.1 Å². The topological polar surface area (TPSA) is 35.5 Å². The molecule has 0 radical (unpaired) electrons. The van der Waals surface area contributed by atoms with Gasteiger partial charge in [0.05, 0.1) is 23.2 Å². The van der Waals surface area contributed by atoms with Gasteiger partial charge in [-0.3, -0.25) is 4.21 Å². The second-order valence-corrected chi connectivity index (χ2v) is 6.84. The Morgan fingerprint density at radius 3 is 2.86 bits per heavy atom. The van der Waals surface area contributed by atoms with E-state index < -0.39 is 10.8 Å². The Morgan fingerprint density at radius 1 is 1.23 bits per heavy atom. The molecular formula is C17H17FO3S. The summed E-state index contributed by atoms with van der Waals surface area (Å²) in [6, 6.07) is 8.65. The molecule has 3 nitrogen and oxygen atoms in total. The molecule has 0 spiro atoms. The number of benzene rings is 2. The van der Waals surface area contributed by atoms with Crippen molar-refractivity contribution >= 4 is 10.8 Å². The van der Waals surface area contributed by atoms with Gasteiger partial charge in [0.25, 0.3) is 0 Å². The predicted molar refractivity (Wildman–Crippen MR) is 82.7 cm³/mol. The van der Waals surface area contributed by atoms with Crippen molar-refractivity contribution in [2.45, 2.75) is 31.1 Å². The summed E-state index contributed by atoms with van der Waals surface area (Å²) in [5, 5.41) is 0. The number of aryl methyl sites for hydroxylation is 2. The molecule has 0 saturated carbocycles. The average molecular weight is 320 g/mol. The molecule has 22 heavy (non-hydrogen) atoms. The highest BCUT2D eigenvalue weighted by Gasteiger charge is 2.19. The maximum atomic E-state index is 13.7. The van der Waals surface area contributed by atoms with Gasteiger partial charge in [0, 0.05) is 16.0 Å². The lowest BCUT2D eigenvalue weighted by molar-refractivity contribution is -0.0171. The Hall–Kier alpha value is -1.72. The van der Waals surface area contributed by atoms with E-state index in [1.807, 2.05) is 32.0 Å². The first-order chi connectivity index (χ1) is 10.5. The lowest BCUT2D eigenvalue weighted by atomic mass is 10.1. The maximum Gasteiger partial charge on any atom is 0.189 e. The van der Waals surface area contributed by atoms with E-state index in [0.29, 0.717) is 23.5 Å². The van der Waals surface area contributed by atoms with Crippen LogP contribution in [0.5, 0.6) is 5.75 Å². The highest BCUT2D eigenvalue weighted by atomic mass is 32.2. The molecule has 0 bridgehead atoms. The van der Waals surface area contributed by atoms with Crippen LogP contribution in [-0.2, 0) is 27.9 Å². The van der Waals surface area contributed by atoms with E-state index >= 15 is 0 Å². The van der Waals surface area contributed by atoms with Gasteiger partial charge in [-0.15, -0.1) is 0 Å². The highest BCUT2D eigenvalue weighted by Crippen LogP contribution is 2.31. The molecule has 116 valence electrons. The maximum absolute atomic E-state index is 13.7. The van der Waals surface area contributed by atoms with E-state index in [9.17, 15) is 8.60 Å². The van der Waals surface area contributed by atoms with Crippen LogP contribution < -0.4 is 4.74 Å². The molecule has 5 heteroatoms. The van der Waals surface area contributed by atoms with Crippen LogP contribution in [0, 0.1) is 19.7 Å². The highest BCUT2D eigenvalue weighted by molar-refractivity contribution is 7.84. The average Bonchev–Trinajstić information content (AvgIpc) is 2.49. The first-order valence-electron chi connectivity index (χ1n) is 7.02. The molecule has 0 aromatic heterocycles. The molecule has 0 N–H and O–H groups in total. The number of rotatable bonds is 3. The first kappa shape index (κ1) is 15.2. The summed E-state index contributed by atoms with van der Waals surface area (Å²) >= 11 is 0. The van der Waals surface area contributed by atoms with Crippen LogP contribution in [0.15, 0.2) is 35.2 Å². The van der Waals surface area contributed by atoms with Gasteiger partial charge in [-0.1, -0.05) is 12.1 Å². The molecule has 0 fully saturated rings. The molecule has 0 amide bonds. The van der Waals surface area contributed by atoms with Crippen molar-refractivity contribution in [3.8, 4) is 5.75 Å². The minimum Gasteiger partial charge on any atom is -0.467 e. The third-order valence-electron chi connectivity index (χ3n) is 3.63. The lowest BCUT2D eigenvalue weighted by Gasteiger charge is -2.21. The summed E-state index contributed by atoms with van der Waals surface area (Å²) in [6.45, 7) is 4.35. The SMILES string of the molecule is Cc1ccc(C)c(S(=O)Cc2cc(F)cc3c2OCOC3)c1. The predicted octanol–water partition coefficient (Wildman–Crippen LogP) is 3.62. The minimum absolute atomic E-state index is 0.141. The summed E-state index contributed by atoms with van der Waals surface area (Å²) in [7, 11) is -1.25. The first-order valence-corrected chi connectivity index (χ1v) is 8.34. The lowest BCUT2D eigenvalue weighted by Crippen LogP contribution is -2.14. The summed E-state index contributed by atoms with van der Waals surface area (Å²) < 4.78 is 37.1. The van der Waals surface area contributed by atoms with Crippen LogP contribution in [0.1, 0.15) is 22.3 Å². The third-order valence-corrected chi connectivity index (χ3v) is 5.13. The van der Waals surface area contributed by atoms with Crippen LogP contribution in [0.4, 0.5) is 4.39 Å². The molecule has 2 aromatic rings. The molecule has 1 unspecified atom stereocenters. The van der Waals surface area contributed by atoms with E-state index in [2.05, 4.69) is 0 Å². The molecule has 0 saturated heterocycles. The van der Waals surface area contributed by atoms with Gasteiger partial charge in [0.15, 0.2) is 6.79 Å². The van der Waals surface area contributed by atoms with Crippen LogP contribution in [0.25, 0.3) is 0 Å². The van der Waals surface area contributed by atoms with Crippen molar-refractivity contribution in [3.05, 3.63) is 58.4 Å². The van der Waals surface area contributed by atoms with Gasteiger partial charge < -0.3 is 9.47 Å². The zero-order valence-electron chi connectivity index (χ0n) is 12.5. The molecule has 0 aliphatic carbocycles.